The van der Waals surface area contributed by atoms with Gasteiger partial charge in [-0.25, -0.2) is 9.97 Å². The van der Waals surface area contributed by atoms with Gasteiger partial charge in [0.25, 0.3) is 5.91 Å². The molecule has 8 heteroatoms. The van der Waals surface area contributed by atoms with E-state index in [-0.39, 0.29) is 12.1 Å². The predicted molar refractivity (Wildman–Crippen MR) is 135 cm³/mol. The lowest BCUT2D eigenvalue weighted by Gasteiger charge is -2.21. The average Bonchev–Trinajstić information content (AvgIpc) is 3.19. The summed E-state index contributed by atoms with van der Waals surface area (Å²) >= 11 is 0. The SMILES string of the molecule is CCCCN(C(=O)c1ccc2c(c1)nc(CNc1ccc(C)cc1)n2C)c1ccccn1.O=C=O. The molecule has 35 heavy (non-hydrogen) atoms. The van der Waals surface area contributed by atoms with Crippen molar-refractivity contribution in [3.63, 3.8) is 0 Å². The van der Waals surface area contributed by atoms with E-state index in [1.807, 2.05) is 43.4 Å². The monoisotopic (exact) mass is 471 g/mol. The normalized spacial score (nSPS) is 10.3. The molecule has 0 aliphatic carbocycles. The molecule has 180 valence electrons. The van der Waals surface area contributed by atoms with Crippen molar-refractivity contribution in [2.45, 2.75) is 33.2 Å². The Kier molecular flexibility index (Phi) is 8.87. The molecule has 0 unspecified atom stereocenters. The van der Waals surface area contributed by atoms with E-state index in [2.05, 4.69) is 53.0 Å². The van der Waals surface area contributed by atoms with Crippen LogP contribution in [0.15, 0.2) is 66.9 Å². The molecule has 2 heterocycles. The quantitative estimate of drug-likeness (QED) is 0.398. The minimum Gasteiger partial charge on any atom is -0.378 e. The number of pyridine rings is 1. The Hall–Kier alpha value is -4.29. The van der Waals surface area contributed by atoms with Gasteiger partial charge in [-0.05, 0) is 55.8 Å². The van der Waals surface area contributed by atoms with Crippen LogP contribution in [0.3, 0.4) is 0 Å². The number of nitrogens with one attached hydrogen (secondary N) is 1. The van der Waals surface area contributed by atoms with Crippen LogP contribution in [-0.2, 0) is 23.2 Å². The molecular weight excluding hydrogens is 442 g/mol. The lowest BCUT2D eigenvalue weighted by molar-refractivity contribution is -0.191. The van der Waals surface area contributed by atoms with Crippen LogP contribution in [0.25, 0.3) is 11.0 Å². The second-order valence-electron chi connectivity index (χ2n) is 8.09. The molecule has 8 nitrogen and oxygen atoms in total. The summed E-state index contributed by atoms with van der Waals surface area (Å²) in [4.78, 5) is 40.6. The van der Waals surface area contributed by atoms with E-state index in [4.69, 9.17) is 14.6 Å². The fraction of sp³-hybridized carbons (Fsp3) is 0.259. The summed E-state index contributed by atoms with van der Waals surface area (Å²) in [6, 6.07) is 19.7. The Balaban J connectivity index is 0.00000108. The highest BCUT2D eigenvalue weighted by Crippen LogP contribution is 2.21. The smallest absolute Gasteiger partial charge is 0.373 e. The number of hydrogen-bond acceptors (Lipinski definition) is 6. The topological polar surface area (TPSA) is 97.2 Å². The van der Waals surface area contributed by atoms with Crippen molar-refractivity contribution in [2.24, 2.45) is 7.05 Å². The van der Waals surface area contributed by atoms with Crippen molar-refractivity contribution in [1.29, 1.82) is 0 Å². The van der Waals surface area contributed by atoms with Crippen LogP contribution in [0.1, 0.15) is 41.5 Å². The average molecular weight is 472 g/mol. The zero-order valence-corrected chi connectivity index (χ0v) is 20.2. The lowest BCUT2D eigenvalue weighted by atomic mass is 10.1. The maximum atomic E-state index is 13.4. The Bertz CT molecular complexity index is 1290. The third kappa shape index (κ3) is 6.40. The number of unbranched alkanes of at least 4 members (excludes halogenated alkanes) is 1. The summed E-state index contributed by atoms with van der Waals surface area (Å²) in [5, 5.41) is 3.42. The molecule has 0 fully saturated rings. The van der Waals surface area contributed by atoms with E-state index < -0.39 is 0 Å². The van der Waals surface area contributed by atoms with Crippen LogP contribution in [0, 0.1) is 6.92 Å². The number of carbonyl (C=O) groups excluding carboxylic acids is 3. The first kappa shape index (κ1) is 25.3. The zero-order chi connectivity index (χ0) is 25.2. The highest BCUT2D eigenvalue weighted by atomic mass is 16.2. The highest BCUT2D eigenvalue weighted by Gasteiger charge is 2.19. The Morgan fingerprint density at radius 2 is 1.83 bits per heavy atom. The minimum atomic E-state index is -0.0518. The number of rotatable bonds is 8. The number of anilines is 2. The van der Waals surface area contributed by atoms with Crippen LogP contribution in [-0.4, -0.2) is 33.1 Å². The van der Waals surface area contributed by atoms with Gasteiger partial charge in [0, 0.05) is 31.0 Å². The van der Waals surface area contributed by atoms with Crippen LogP contribution in [0.5, 0.6) is 0 Å². The highest BCUT2D eigenvalue weighted by molar-refractivity contribution is 6.07. The van der Waals surface area contributed by atoms with Gasteiger partial charge in [0.15, 0.2) is 0 Å². The molecule has 0 atom stereocenters. The van der Waals surface area contributed by atoms with Gasteiger partial charge in [-0.2, -0.15) is 9.59 Å². The fourth-order valence-corrected chi connectivity index (χ4v) is 3.70. The Morgan fingerprint density at radius 1 is 1.09 bits per heavy atom. The van der Waals surface area contributed by atoms with Gasteiger partial charge >= 0.3 is 6.15 Å². The predicted octanol–water partition coefficient (Wildman–Crippen LogP) is 4.75. The van der Waals surface area contributed by atoms with Crippen molar-refractivity contribution in [3.8, 4) is 0 Å². The molecule has 0 aliphatic rings. The molecule has 2 aromatic carbocycles. The van der Waals surface area contributed by atoms with Crippen LogP contribution >= 0.6 is 0 Å². The summed E-state index contributed by atoms with van der Waals surface area (Å²) in [6.45, 7) is 5.44. The standard InChI is InChI=1S/C26H29N5O.CO2/c1-4-5-16-31(24-8-6-7-15-27-24)26(32)20-11-14-23-22(17-20)29-25(30(23)3)18-28-21-12-9-19(2)10-13-21;2-1-3/h6-15,17,28H,4-5,16,18H2,1-3H3;. The first-order valence-corrected chi connectivity index (χ1v) is 11.5. The van der Waals surface area contributed by atoms with Crippen LogP contribution in [0.2, 0.25) is 0 Å². The summed E-state index contributed by atoms with van der Waals surface area (Å²) in [6.07, 6.45) is 3.90. The first-order valence-electron chi connectivity index (χ1n) is 11.5. The van der Waals surface area contributed by atoms with Gasteiger partial charge in [-0.3, -0.25) is 9.69 Å². The fourth-order valence-electron chi connectivity index (χ4n) is 3.70. The van der Waals surface area contributed by atoms with Crippen molar-refractivity contribution in [2.75, 3.05) is 16.8 Å². The van der Waals surface area contributed by atoms with Gasteiger partial charge in [0.05, 0.1) is 17.6 Å². The number of amides is 1. The number of fused-ring (bicyclic) bond motifs is 1. The number of carbonyl (C=O) groups is 1. The Morgan fingerprint density at radius 3 is 2.49 bits per heavy atom. The van der Waals surface area contributed by atoms with E-state index in [1.165, 1.54) is 5.56 Å². The van der Waals surface area contributed by atoms with Crippen LogP contribution in [0.4, 0.5) is 11.5 Å². The van der Waals surface area contributed by atoms with Gasteiger partial charge in [-0.1, -0.05) is 37.1 Å². The summed E-state index contributed by atoms with van der Waals surface area (Å²) in [5.41, 5.74) is 4.72. The third-order valence-corrected chi connectivity index (χ3v) is 5.63. The van der Waals surface area contributed by atoms with Crippen molar-refractivity contribution in [3.05, 3.63) is 83.8 Å². The van der Waals surface area contributed by atoms with Gasteiger partial charge in [-0.15, -0.1) is 0 Å². The lowest BCUT2D eigenvalue weighted by Crippen LogP contribution is -2.32. The molecule has 0 spiro atoms. The molecule has 4 aromatic rings. The van der Waals surface area contributed by atoms with E-state index in [9.17, 15) is 4.79 Å². The maximum Gasteiger partial charge on any atom is 0.373 e. The molecule has 0 saturated carbocycles. The van der Waals surface area contributed by atoms with Gasteiger partial charge in [0.2, 0.25) is 0 Å². The molecule has 0 bridgehead atoms. The summed E-state index contributed by atoms with van der Waals surface area (Å²) in [5.74, 6) is 1.54. The maximum absolute atomic E-state index is 13.4. The van der Waals surface area contributed by atoms with Gasteiger partial charge in [0.1, 0.15) is 11.6 Å². The molecule has 1 amide bonds. The minimum absolute atomic E-state index is 0.0518. The summed E-state index contributed by atoms with van der Waals surface area (Å²) in [7, 11) is 2.00. The van der Waals surface area contributed by atoms with E-state index >= 15 is 0 Å². The number of aryl methyl sites for hydroxylation is 2. The number of aromatic nitrogens is 3. The summed E-state index contributed by atoms with van der Waals surface area (Å²) < 4.78 is 2.07. The van der Waals surface area contributed by atoms with Crippen molar-refractivity contribution >= 4 is 34.6 Å². The van der Waals surface area contributed by atoms with E-state index in [0.717, 1.165) is 35.4 Å². The molecule has 1 N–H and O–H groups in total. The second kappa shape index (κ2) is 12.3. The number of hydrogen-bond donors (Lipinski definition) is 1. The number of nitrogens with zero attached hydrogens (tertiary/aromatic N) is 4. The molecule has 2 aromatic heterocycles. The van der Waals surface area contributed by atoms with Crippen molar-refractivity contribution < 1.29 is 14.4 Å². The molecule has 0 aliphatic heterocycles. The molecule has 4 rings (SSSR count). The zero-order valence-electron chi connectivity index (χ0n) is 20.2. The number of imidazole rings is 1. The third-order valence-electron chi connectivity index (χ3n) is 5.63. The number of benzene rings is 2. The molecule has 0 saturated heterocycles. The van der Waals surface area contributed by atoms with E-state index in [0.29, 0.717) is 24.5 Å². The van der Waals surface area contributed by atoms with Crippen LogP contribution < -0.4 is 10.2 Å². The van der Waals surface area contributed by atoms with Gasteiger partial charge < -0.3 is 9.88 Å². The van der Waals surface area contributed by atoms with Crippen molar-refractivity contribution in [1.82, 2.24) is 14.5 Å². The molecular formula is C27H29N5O3. The molecule has 0 radical (unpaired) electrons. The Labute approximate surface area is 204 Å². The van der Waals surface area contributed by atoms with E-state index in [1.54, 1.807) is 11.1 Å². The first-order chi connectivity index (χ1) is 17.0. The second-order valence-corrected chi connectivity index (χ2v) is 8.09. The largest absolute Gasteiger partial charge is 0.378 e.